The maximum absolute atomic E-state index is 12.3. The molecule has 1 aromatic rings. The van der Waals surface area contributed by atoms with Gasteiger partial charge in [0.2, 0.25) is 5.91 Å². The summed E-state index contributed by atoms with van der Waals surface area (Å²) in [6, 6.07) is 7.66. The number of carboxylic acid groups (broad SMARTS) is 1. The Hall–Kier alpha value is -2.10. The molecule has 0 aliphatic heterocycles. The summed E-state index contributed by atoms with van der Waals surface area (Å²) < 4.78 is 0. The number of allylic oxidation sites excluding steroid dienone is 2. The Morgan fingerprint density at radius 2 is 1.59 bits per heavy atom. The number of hydrogen-bond acceptors (Lipinski definition) is 3. The Bertz CT molecular complexity index is 581. The van der Waals surface area contributed by atoms with Gasteiger partial charge in [-0.05, 0) is 36.0 Å². The standard InChI is InChI=1S/C18H23NO3/c1-18(2,3)12-8-10-13(11-9-12)19-16(20)14-6-4-5-7-15(14)17(21)22/h4-5,8-11,14-15H,6-7H2,1-3H3,(H,19,20)(H,21,22)/p-1/t14-,15+/m0/s1. The summed E-state index contributed by atoms with van der Waals surface area (Å²) in [5.74, 6) is -2.74. The van der Waals surface area contributed by atoms with Gasteiger partial charge in [0.15, 0.2) is 0 Å². The van der Waals surface area contributed by atoms with Gasteiger partial charge in [0.05, 0.1) is 5.92 Å². The molecule has 22 heavy (non-hydrogen) atoms. The molecule has 2 atom stereocenters. The van der Waals surface area contributed by atoms with E-state index in [1.165, 1.54) is 5.56 Å². The summed E-state index contributed by atoms with van der Waals surface area (Å²) in [4.78, 5) is 23.5. The Morgan fingerprint density at radius 1 is 1.05 bits per heavy atom. The van der Waals surface area contributed by atoms with Gasteiger partial charge in [0, 0.05) is 17.6 Å². The van der Waals surface area contributed by atoms with Crippen molar-refractivity contribution in [2.75, 3.05) is 5.32 Å². The second-order valence-electron chi connectivity index (χ2n) is 6.79. The van der Waals surface area contributed by atoms with E-state index >= 15 is 0 Å². The van der Waals surface area contributed by atoms with E-state index in [2.05, 4.69) is 26.1 Å². The smallest absolute Gasteiger partial charge is 0.228 e. The van der Waals surface area contributed by atoms with Crippen LogP contribution in [0.4, 0.5) is 5.69 Å². The van der Waals surface area contributed by atoms with Crippen LogP contribution in [0.3, 0.4) is 0 Å². The van der Waals surface area contributed by atoms with Gasteiger partial charge in [-0.15, -0.1) is 0 Å². The number of benzene rings is 1. The minimum absolute atomic E-state index is 0.0524. The highest BCUT2D eigenvalue weighted by Gasteiger charge is 2.29. The van der Waals surface area contributed by atoms with Gasteiger partial charge in [-0.2, -0.15) is 0 Å². The van der Waals surface area contributed by atoms with Crippen LogP contribution in [0, 0.1) is 11.8 Å². The Balaban J connectivity index is 2.08. The Kier molecular flexibility index (Phi) is 4.69. The highest BCUT2D eigenvalue weighted by molar-refractivity contribution is 5.95. The molecule has 4 nitrogen and oxygen atoms in total. The largest absolute Gasteiger partial charge is 0.550 e. The lowest BCUT2D eigenvalue weighted by Gasteiger charge is -2.28. The summed E-state index contributed by atoms with van der Waals surface area (Å²) in [5.41, 5.74) is 1.92. The second kappa shape index (κ2) is 6.34. The van der Waals surface area contributed by atoms with Crippen LogP contribution in [0.15, 0.2) is 36.4 Å². The second-order valence-corrected chi connectivity index (χ2v) is 6.79. The lowest BCUT2D eigenvalue weighted by molar-refractivity contribution is -0.313. The van der Waals surface area contributed by atoms with E-state index in [-0.39, 0.29) is 11.3 Å². The summed E-state index contributed by atoms with van der Waals surface area (Å²) in [6.45, 7) is 6.37. The lowest BCUT2D eigenvalue weighted by Crippen LogP contribution is -2.41. The minimum atomic E-state index is -1.16. The molecular formula is C18H22NO3-. The van der Waals surface area contributed by atoms with Crippen molar-refractivity contribution in [3.8, 4) is 0 Å². The van der Waals surface area contributed by atoms with Crippen LogP contribution in [-0.2, 0) is 15.0 Å². The summed E-state index contributed by atoms with van der Waals surface area (Å²) in [5, 5.41) is 14.0. The van der Waals surface area contributed by atoms with E-state index in [4.69, 9.17) is 0 Å². The van der Waals surface area contributed by atoms with E-state index in [1.54, 1.807) is 6.08 Å². The van der Waals surface area contributed by atoms with Gasteiger partial charge in [-0.3, -0.25) is 4.79 Å². The zero-order valence-corrected chi connectivity index (χ0v) is 13.3. The molecule has 0 fully saturated rings. The predicted octanol–water partition coefficient (Wildman–Crippen LogP) is 2.25. The molecule has 0 spiro atoms. The first kappa shape index (κ1) is 16.3. The summed E-state index contributed by atoms with van der Waals surface area (Å²) >= 11 is 0. The third-order valence-corrected chi connectivity index (χ3v) is 4.09. The fraction of sp³-hybridized carbons (Fsp3) is 0.444. The number of carboxylic acids is 1. The molecule has 118 valence electrons. The molecule has 0 unspecified atom stereocenters. The van der Waals surface area contributed by atoms with Crippen LogP contribution >= 0.6 is 0 Å². The summed E-state index contributed by atoms with van der Waals surface area (Å²) in [6.07, 6.45) is 4.43. The zero-order valence-electron chi connectivity index (χ0n) is 13.3. The minimum Gasteiger partial charge on any atom is -0.550 e. The zero-order chi connectivity index (χ0) is 16.3. The monoisotopic (exact) mass is 300 g/mol. The number of carbonyl (C=O) groups is 2. The molecule has 0 radical (unpaired) electrons. The molecule has 0 saturated carbocycles. The van der Waals surface area contributed by atoms with E-state index in [0.717, 1.165) is 0 Å². The molecule has 0 heterocycles. The first-order valence-electron chi connectivity index (χ1n) is 7.56. The molecule has 1 aliphatic rings. The van der Waals surface area contributed by atoms with E-state index < -0.39 is 17.8 Å². The molecule has 1 N–H and O–H groups in total. The van der Waals surface area contributed by atoms with Gasteiger partial charge in [0.1, 0.15) is 0 Å². The number of aliphatic carboxylic acids is 1. The van der Waals surface area contributed by atoms with Crippen molar-refractivity contribution in [3.63, 3.8) is 0 Å². The maximum Gasteiger partial charge on any atom is 0.228 e. The average molecular weight is 300 g/mol. The topological polar surface area (TPSA) is 69.2 Å². The quantitative estimate of drug-likeness (QED) is 0.870. The van der Waals surface area contributed by atoms with Crippen LogP contribution in [-0.4, -0.2) is 11.9 Å². The van der Waals surface area contributed by atoms with Gasteiger partial charge >= 0.3 is 0 Å². The average Bonchev–Trinajstić information content (AvgIpc) is 2.46. The number of rotatable bonds is 3. The van der Waals surface area contributed by atoms with Gasteiger partial charge in [-0.1, -0.05) is 45.1 Å². The molecule has 1 aromatic carbocycles. The molecule has 1 amide bonds. The van der Waals surface area contributed by atoms with Gasteiger partial charge in [0.25, 0.3) is 0 Å². The lowest BCUT2D eigenvalue weighted by atomic mass is 9.82. The number of carbonyl (C=O) groups excluding carboxylic acids is 2. The Morgan fingerprint density at radius 3 is 2.09 bits per heavy atom. The maximum atomic E-state index is 12.3. The van der Waals surface area contributed by atoms with E-state index in [1.807, 2.05) is 30.3 Å². The van der Waals surface area contributed by atoms with Crippen LogP contribution in [0.1, 0.15) is 39.2 Å². The fourth-order valence-corrected chi connectivity index (χ4v) is 2.65. The van der Waals surface area contributed by atoms with Crippen molar-refractivity contribution < 1.29 is 14.7 Å². The van der Waals surface area contributed by atoms with Crippen molar-refractivity contribution in [2.45, 2.75) is 39.0 Å². The number of nitrogens with one attached hydrogen (secondary N) is 1. The summed E-state index contributed by atoms with van der Waals surface area (Å²) in [7, 11) is 0. The highest BCUT2D eigenvalue weighted by Crippen LogP contribution is 2.27. The first-order valence-corrected chi connectivity index (χ1v) is 7.56. The SMILES string of the molecule is CC(C)(C)c1ccc(NC(=O)[C@H]2CC=CC[C@H]2C(=O)[O-])cc1. The van der Waals surface area contributed by atoms with Crippen molar-refractivity contribution in [1.29, 1.82) is 0 Å². The fourth-order valence-electron chi connectivity index (χ4n) is 2.65. The van der Waals surface area contributed by atoms with Crippen LogP contribution < -0.4 is 10.4 Å². The van der Waals surface area contributed by atoms with Crippen LogP contribution in [0.25, 0.3) is 0 Å². The number of amides is 1. The van der Waals surface area contributed by atoms with Crippen molar-refractivity contribution >= 4 is 17.6 Å². The molecule has 0 bridgehead atoms. The van der Waals surface area contributed by atoms with Crippen LogP contribution in [0.2, 0.25) is 0 Å². The third-order valence-electron chi connectivity index (χ3n) is 4.09. The van der Waals surface area contributed by atoms with Crippen molar-refractivity contribution in [1.82, 2.24) is 0 Å². The van der Waals surface area contributed by atoms with Crippen molar-refractivity contribution in [3.05, 3.63) is 42.0 Å². The van der Waals surface area contributed by atoms with E-state index in [9.17, 15) is 14.7 Å². The van der Waals surface area contributed by atoms with Gasteiger partial charge in [-0.25, -0.2) is 0 Å². The third kappa shape index (κ3) is 3.75. The number of anilines is 1. The highest BCUT2D eigenvalue weighted by atomic mass is 16.4. The van der Waals surface area contributed by atoms with Gasteiger partial charge < -0.3 is 15.2 Å². The molecule has 2 rings (SSSR count). The molecular weight excluding hydrogens is 278 g/mol. The predicted molar refractivity (Wildman–Crippen MR) is 84.1 cm³/mol. The van der Waals surface area contributed by atoms with Crippen LogP contribution in [0.5, 0.6) is 0 Å². The van der Waals surface area contributed by atoms with Crippen molar-refractivity contribution in [2.24, 2.45) is 11.8 Å². The Labute approximate surface area is 131 Å². The van der Waals surface area contributed by atoms with E-state index in [0.29, 0.717) is 18.5 Å². The normalized spacial score (nSPS) is 21.4. The molecule has 1 aliphatic carbocycles. The molecule has 0 saturated heterocycles. The first-order chi connectivity index (χ1) is 10.3. The molecule has 4 heteroatoms. The molecule has 0 aromatic heterocycles. The number of hydrogen-bond donors (Lipinski definition) is 1.